The van der Waals surface area contributed by atoms with E-state index in [0.717, 1.165) is 18.6 Å². The highest BCUT2D eigenvalue weighted by atomic mass is 127. The molecule has 1 N–H and O–H groups in total. The second kappa shape index (κ2) is 7.61. The molecule has 110 valence electrons. The maximum atomic E-state index is 12.3. The summed E-state index contributed by atoms with van der Waals surface area (Å²) in [4.78, 5) is 12.3. The van der Waals surface area contributed by atoms with Crippen LogP contribution in [0.25, 0.3) is 0 Å². The number of halogens is 3. The Balaban J connectivity index is 2.06. The van der Waals surface area contributed by atoms with Gasteiger partial charge in [-0.25, -0.2) is 0 Å². The normalized spacial score (nSPS) is 12.0. The summed E-state index contributed by atoms with van der Waals surface area (Å²) in [5, 5.41) is 3.74. The molecule has 1 atom stereocenters. The second-order valence-corrected chi connectivity index (χ2v) is 7.30. The average molecular weight is 479 g/mol. The maximum absolute atomic E-state index is 12.3. The Bertz CT molecular complexity index is 662. The predicted molar refractivity (Wildman–Crippen MR) is 98.9 cm³/mol. The van der Waals surface area contributed by atoms with E-state index >= 15 is 0 Å². The lowest BCUT2D eigenvalue weighted by Gasteiger charge is -2.15. The number of carbonyl (C=O) groups excluding carboxylic acids is 1. The largest absolute Gasteiger partial charge is 0.349 e. The van der Waals surface area contributed by atoms with Gasteiger partial charge in [0.15, 0.2) is 0 Å². The Kier molecular flexibility index (Phi) is 6.08. The van der Waals surface area contributed by atoms with Crippen molar-refractivity contribution in [3.8, 4) is 0 Å². The van der Waals surface area contributed by atoms with Crippen LogP contribution in [-0.4, -0.2) is 11.9 Å². The highest BCUT2D eigenvalue weighted by Gasteiger charge is 2.14. The van der Waals surface area contributed by atoms with Gasteiger partial charge < -0.3 is 5.32 Å². The van der Waals surface area contributed by atoms with Crippen LogP contribution in [0.4, 0.5) is 0 Å². The monoisotopic (exact) mass is 477 g/mol. The van der Waals surface area contributed by atoms with Crippen molar-refractivity contribution in [2.75, 3.05) is 0 Å². The van der Waals surface area contributed by atoms with Crippen LogP contribution in [0.15, 0.2) is 46.9 Å². The van der Waals surface area contributed by atoms with Crippen molar-refractivity contribution < 1.29 is 4.79 Å². The SMILES string of the molecule is CC(Cc1ccccc1Cl)NC(=O)c1cc(I)ccc1Br. The van der Waals surface area contributed by atoms with Crippen LogP contribution in [0.5, 0.6) is 0 Å². The van der Waals surface area contributed by atoms with E-state index in [4.69, 9.17) is 11.6 Å². The van der Waals surface area contributed by atoms with Crippen LogP contribution in [0.1, 0.15) is 22.8 Å². The van der Waals surface area contributed by atoms with Gasteiger partial charge in [0.25, 0.3) is 5.91 Å². The van der Waals surface area contributed by atoms with Crippen molar-refractivity contribution in [2.24, 2.45) is 0 Å². The molecule has 21 heavy (non-hydrogen) atoms. The summed E-state index contributed by atoms with van der Waals surface area (Å²) in [6.45, 7) is 1.98. The molecule has 0 aromatic heterocycles. The second-order valence-electron chi connectivity index (χ2n) is 4.79. The Morgan fingerprint density at radius 3 is 2.76 bits per heavy atom. The number of benzene rings is 2. The lowest BCUT2D eigenvalue weighted by Crippen LogP contribution is -2.34. The molecule has 0 saturated carbocycles. The molecular formula is C16H14BrClINO. The maximum Gasteiger partial charge on any atom is 0.252 e. The van der Waals surface area contributed by atoms with Crippen molar-refractivity contribution in [1.29, 1.82) is 0 Å². The van der Waals surface area contributed by atoms with Gasteiger partial charge in [0.05, 0.1) is 5.56 Å². The third-order valence-electron chi connectivity index (χ3n) is 3.03. The minimum absolute atomic E-state index is 0.00201. The molecule has 0 radical (unpaired) electrons. The van der Waals surface area contributed by atoms with E-state index in [1.165, 1.54) is 0 Å². The molecular weight excluding hydrogens is 464 g/mol. The number of amides is 1. The van der Waals surface area contributed by atoms with E-state index in [1.807, 2.05) is 49.4 Å². The molecule has 5 heteroatoms. The first kappa shape index (κ1) is 16.8. The lowest BCUT2D eigenvalue weighted by atomic mass is 10.1. The Hall–Kier alpha value is -0.590. The van der Waals surface area contributed by atoms with Crippen LogP contribution >= 0.6 is 50.1 Å². The highest BCUT2D eigenvalue weighted by Crippen LogP contribution is 2.20. The van der Waals surface area contributed by atoms with Gasteiger partial charge in [0.1, 0.15) is 0 Å². The summed E-state index contributed by atoms with van der Waals surface area (Å²) in [6.07, 6.45) is 0.701. The van der Waals surface area contributed by atoms with Crippen LogP contribution in [-0.2, 0) is 6.42 Å². The third kappa shape index (κ3) is 4.69. The smallest absolute Gasteiger partial charge is 0.252 e. The van der Waals surface area contributed by atoms with Gasteiger partial charge in [-0.15, -0.1) is 0 Å². The molecule has 2 nitrogen and oxygen atoms in total. The van der Waals surface area contributed by atoms with Gasteiger partial charge in [-0.3, -0.25) is 4.79 Å². The molecule has 0 fully saturated rings. The number of hydrogen-bond acceptors (Lipinski definition) is 1. The number of carbonyl (C=O) groups is 1. The molecule has 0 saturated heterocycles. The van der Waals surface area contributed by atoms with Crippen molar-refractivity contribution in [1.82, 2.24) is 5.32 Å². The Labute approximate surface area is 151 Å². The van der Waals surface area contributed by atoms with E-state index in [9.17, 15) is 4.79 Å². The average Bonchev–Trinajstić information content (AvgIpc) is 2.44. The van der Waals surface area contributed by atoms with E-state index in [1.54, 1.807) is 0 Å². The summed E-state index contributed by atoms with van der Waals surface area (Å²) >= 11 is 11.8. The fourth-order valence-corrected chi connectivity index (χ4v) is 3.15. The van der Waals surface area contributed by atoms with Crippen LogP contribution in [0, 0.1) is 3.57 Å². The molecule has 2 rings (SSSR count). The summed E-state index contributed by atoms with van der Waals surface area (Å²) < 4.78 is 1.82. The summed E-state index contributed by atoms with van der Waals surface area (Å²) in [5.74, 6) is -0.0834. The van der Waals surface area contributed by atoms with Gasteiger partial charge in [-0.1, -0.05) is 29.8 Å². The van der Waals surface area contributed by atoms with Crippen molar-refractivity contribution in [3.63, 3.8) is 0 Å². The molecule has 2 aromatic rings. The zero-order chi connectivity index (χ0) is 15.4. The topological polar surface area (TPSA) is 29.1 Å². The molecule has 1 amide bonds. The van der Waals surface area contributed by atoms with Crippen LogP contribution in [0.3, 0.4) is 0 Å². The number of hydrogen-bond donors (Lipinski definition) is 1. The molecule has 1 unspecified atom stereocenters. The summed E-state index contributed by atoms with van der Waals surface area (Å²) in [6, 6.07) is 13.4. The molecule has 0 bridgehead atoms. The molecule has 2 aromatic carbocycles. The molecule has 0 aliphatic carbocycles. The molecule has 0 heterocycles. The van der Waals surface area contributed by atoms with Gasteiger partial charge in [0, 0.05) is 19.1 Å². The molecule has 0 spiro atoms. The molecule has 0 aliphatic rings. The quantitative estimate of drug-likeness (QED) is 0.611. The third-order valence-corrected chi connectivity index (χ3v) is 4.77. The number of rotatable bonds is 4. The van der Waals surface area contributed by atoms with E-state index in [0.29, 0.717) is 12.0 Å². The van der Waals surface area contributed by atoms with Gasteiger partial charge in [0.2, 0.25) is 0 Å². The standard InChI is InChI=1S/C16H14BrClINO/c1-10(8-11-4-2-3-5-15(11)18)20-16(21)13-9-12(19)6-7-14(13)17/h2-7,9-10H,8H2,1H3,(H,20,21). The number of nitrogens with one attached hydrogen (secondary N) is 1. The van der Waals surface area contributed by atoms with E-state index in [-0.39, 0.29) is 11.9 Å². The Morgan fingerprint density at radius 2 is 2.05 bits per heavy atom. The van der Waals surface area contributed by atoms with Crippen LogP contribution < -0.4 is 5.32 Å². The van der Waals surface area contributed by atoms with Gasteiger partial charge in [-0.05, 0) is 81.7 Å². The summed E-state index contributed by atoms with van der Waals surface area (Å²) in [7, 11) is 0. The molecule has 0 aliphatic heterocycles. The first-order valence-corrected chi connectivity index (χ1v) is 8.71. The lowest BCUT2D eigenvalue weighted by molar-refractivity contribution is 0.0939. The van der Waals surface area contributed by atoms with Crippen molar-refractivity contribution in [2.45, 2.75) is 19.4 Å². The van der Waals surface area contributed by atoms with Crippen LogP contribution in [0.2, 0.25) is 5.02 Å². The van der Waals surface area contributed by atoms with Crippen molar-refractivity contribution >= 4 is 56.0 Å². The van der Waals surface area contributed by atoms with E-state index in [2.05, 4.69) is 43.8 Å². The van der Waals surface area contributed by atoms with Gasteiger partial charge >= 0.3 is 0 Å². The zero-order valence-corrected chi connectivity index (χ0v) is 15.9. The highest BCUT2D eigenvalue weighted by molar-refractivity contribution is 14.1. The fourth-order valence-electron chi connectivity index (χ4n) is 2.02. The first-order chi connectivity index (χ1) is 9.97. The van der Waals surface area contributed by atoms with E-state index < -0.39 is 0 Å². The predicted octanol–water partition coefficient (Wildman–Crippen LogP) is 5.07. The minimum atomic E-state index is -0.0834. The first-order valence-electron chi connectivity index (χ1n) is 6.46. The zero-order valence-electron chi connectivity index (χ0n) is 11.4. The Morgan fingerprint density at radius 1 is 1.33 bits per heavy atom. The minimum Gasteiger partial charge on any atom is -0.349 e. The van der Waals surface area contributed by atoms with Crippen molar-refractivity contribution in [3.05, 3.63) is 66.7 Å². The summed E-state index contributed by atoms with van der Waals surface area (Å²) in [5.41, 5.74) is 1.68. The van der Waals surface area contributed by atoms with Gasteiger partial charge in [-0.2, -0.15) is 0 Å². The fraction of sp³-hybridized carbons (Fsp3) is 0.188.